The highest BCUT2D eigenvalue weighted by molar-refractivity contribution is 5.80. The summed E-state index contributed by atoms with van der Waals surface area (Å²) in [6.07, 6.45) is 7.41. The van der Waals surface area contributed by atoms with Gasteiger partial charge in [0, 0.05) is 12.3 Å². The molecule has 1 unspecified atom stereocenters. The van der Waals surface area contributed by atoms with E-state index in [1.807, 2.05) is 0 Å². The van der Waals surface area contributed by atoms with Crippen molar-refractivity contribution in [1.82, 2.24) is 0 Å². The van der Waals surface area contributed by atoms with E-state index in [2.05, 4.69) is 38.9 Å². The molecule has 1 aliphatic rings. The number of hydrogen-bond donors (Lipinski definition) is 0. The topological polar surface area (TPSA) is 12.4 Å². The molecule has 0 aliphatic heterocycles. The van der Waals surface area contributed by atoms with Gasteiger partial charge in [-0.3, -0.25) is 4.99 Å². The maximum absolute atomic E-state index is 4.58. The molecule has 0 amide bonds. The molecule has 0 spiro atoms. The van der Waals surface area contributed by atoms with Gasteiger partial charge in [-0.15, -0.1) is 0 Å². The molecule has 0 saturated heterocycles. The third-order valence-electron chi connectivity index (χ3n) is 3.18. The first kappa shape index (κ1) is 11.5. The fourth-order valence-corrected chi connectivity index (χ4v) is 1.67. The van der Waals surface area contributed by atoms with E-state index in [4.69, 9.17) is 0 Å². The maximum atomic E-state index is 4.58. The molecule has 14 heavy (non-hydrogen) atoms. The summed E-state index contributed by atoms with van der Waals surface area (Å²) < 4.78 is 0. The fourth-order valence-electron chi connectivity index (χ4n) is 1.67. The van der Waals surface area contributed by atoms with Crippen LogP contribution in [0.1, 0.15) is 53.4 Å². The molecule has 0 aromatic rings. The summed E-state index contributed by atoms with van der Waals surface area (Å²) in [5.41, 5.74) is 2.94. The van der Waals surface area contributed by atoms with E-state index in [0.717, 1.165) is 12.3 Å². The third-order valence-corrected chi connectivity index (χ3v) is 3.18. The van der Waals surface area contributed by atoms with Crippen LogP contribution >= 0.6 is 0 Å². The Hall–Kier alpha value is -0.590. The molecule has 1 fully saturated rings. The van der Waals surface area contributed by atoms with Gasteiger partial charge < -0.3 is 0 Å². The second-order valence-electron chi connectivity index (χ2n) is 4.62. The van der Waals surface area contributed by atoms with Crippen molar-refractivity contribution < 1.29 is 0 Å². The molecule has 1 rings (SSSR count). The minimum atomic E-state index is 0.476. The highest BCUT2D eigenvalue weighted by Crippen LogP contribution is 2.33. The number of nitrogens with zero attached hydrogens (tertiary/aromatic N) is 1. The maximum Gasteiger partial charge on any atom is 0.0468 e. The van der Waals surface area contributed by atoms with Crippen molar-refractivity contribution in [1.29, 1.82) is 0 Å². The lowest BCUT2D eigenvalue weighted by atomic mass is 9.78. The predicted molar refractivity (Wildman–Crippen MR) is 64.0 cm³/mol. The molecule has 0 aromatic carbocycles. The van der Waals surface area contributed by atoms with E-state index in [0.29, 0.717) is 6.04 Å². The SMILES string of the molecule is CCC(C)N=CC(=C(C)C)C1CCC1. The van der Waals surface area contributed by atoms with Crippen molar-refractivity contribution in [3.05, 3.63) is 11.1 Å². The minimum absolute atomic E-state index is 0.476. The van der Waals surface area contributed by atoms with Crippen LogP contribution in [0.4, 0.5) is 0 Å². The van der Waals surface area contributed by atoms with E-state index < -0.39 is 0 Å². The van der Waals surface area contributed by atoms with Crippen LogP contribution in [0.5, 0.6) is 0 Å². The van der Waals surface area contributed by atoms with Gasteiger partial charge in [0.05, 0.1) is 0 Å². The zero-order valence-electron chi connectivity index (χ0n) is 10.0. The van der Waals surface area contributed by atoms with Gasteiger partial charge in [0.25, 0.3) is 0 Å². The van der Waals surface area contributed by atoms with Gasteiger partial charge in [0.1, 0.15) is 0 Å². The molecule has 1 nitrogen and oxygen atoms in total. The lowest BCUT2D eigenvalue weighted by molar-refractivity contribution is 0.376. The Morgan fingerprint density at radius 1 is 1.43 bits per heavy atom. The molecule has 80 valence electrons. The molecule has 1 atom stereocenters. The summed E-state index contributed by atoms with van der Waals surface area (Å²) >= 11 is 0. The molecule has 0 aromatic heterocycles. The Morgan fingerprint density at radius 3 is 2.43 bits per heavy atom. The highest BCUT2D eigenvalue weighted by atomic mass is 14.7. The molecule has 1 heteroatoms. The van der Waals surface area contributed by atoms with Crippen molar-refractivity contribution in [2.45, 2.75) is 59.4 Å². The predicted octanol–water partition coefficient (Wildman–Crippen LogP) is 3.99. The third kappa shape index (κ3) is 2.97. The standard InChI is InChI=1S/C13H23N/c1-5-11(4)14-9-13(10(2)3)12-7-6-8-12/h9,11-12H,5-8H2,1-4H3. The van der Waals surface area contributed by atoms with E-state index in [1.54, 1.807) is 0 Å². The quantitative estimate of drug-likeness (QED) is 0.599. The van der Waals surface area contributed by atoms with Gasteiger partial charge in [0.15, 0.2) is 0 Å². The van der Waals surface area contributed by atoms with Crippen molar-refractivity contribution in [3.63, 3.8) is 0 Å². The summed E-state index contributed by atoms with van der Waals surface area (Å²) in [7, 11) is 0. The number of hydrogen-bond acceptors (Lipinski definition) is 1. The van der Waals surface area contributed by atoms with Crippen molar-refractivity contribution in [2.75, 3.05) is 0 Å². The lowest BCUT2D eigenvalue weighted by Gasteiger charge is -2.27. The first-order valence-electron chi connectivity index (χ1n) is 5.85. The van der Waals surface area contributed by atoms with E-state index in [-0.39, 0.29) is 0 Å². The Balaban J connectivity index is 2.61. The smallest absolute Gasteiger partial charge is 0.0468 e. The largest absolute Gasteiger partial charge is 0.290 e. The van der Waals surface area contributed by atoms with Crippen molar-refractivity contribution in [2.24, 2.45) is 10.9 Å². The Morgan fingerprint density at radius 2 is 2.07 bits per heavy atom. The van der Waals surface area contributed by atoms with Crippen LogP contribution < -0.4 is 0 Å². The number of allylic oxidation sites excluding steroid dienone is 2. The normalized spacial score (nSPS) is 19.4. The van der Waals surface area contributed by atoms with Gasteiger partial charge in [0.2, 0.25) is 0 Å². The van der Waals surface area contributed by atoms with E-state index in [1.165, 1.54) is 30.4 Å². The van der Waals surface area contributed by atoms with Crippen molar-refractivity contribution >= 4 is 6.21 Å². The van der Waals surface area contributed by atoms with Gasteiger partial charge in [-0.2, -0.15) is 0 Å². The summed E-state index contributed by atoms with van der Waals surface area (Å²) in [4.78, 5) is 4.58. The molecule has 0 bridgehead atoms. The molecule has 0 heterocycles. The average molecular weight is 193 g/mol. The molecular weight excluding hydrogens is 170 g/mol. The minimum Gasteiger partial charge on any atom is -0.290 e. The molecule has 1 saturated carbocycles. The molecular formula is C13H23N. The fraction of sp³-hybridized carbons (Fsp3) is 0.769. The summed E-state index contributed by atoms with van der Waals surface area (Å²) in [6, 6.07) is 0.476. The number of aliphatic imine (C=N–C) groups is 1. The van der Waals surface area contributed by atoms with Crippen LogP contribution in [0.2, 0.25) is 0 Å². The first-order chi connectivity index (χ1) is 6.65. The van der Waals surface area contributed by atoms with Gasteiger partial charge in [-0.05, 0) is 51.5 Å². The van der Waals surface area contributed by atoms with Crippen LogP contribution in [0.15, 0.2) is 16.1 Å². The number of rotatable bonds is 4. The van der Waals surface area contributed by atoms with Crippen molar-refractivity contribution in [3.8, 4) is 0 Å². The van der Waals surface area contributed by atoms with Crippen LogP contribution in [0.3, 0.4) is 0 Å². The Bertz CT molecular complexity index is 230. The average Bonchev–Trinajstić information content (AvgIpc) is 2.07. The lowest BCUT2D eigenvalue weighted by Crippen LogP contribution is -2.16. The van der Waals surface area contributed by atoms with E-state index in [9.17, 15) is 0 Å². The zero-order chi connectivity index (χ0) is 10.6. The first-order valence-corrected chi connectivity index (χ1v) is 5.85. The zero-order valence-corrected chi connectivity index (χ0v) is 10.0. The van der Waals surface area contributed by atoms with Crippen LogP contribution in [0, 0.1) is 5.92 Å². The Labute approximate surface area is 88.3 Å². The van der Waals surface area contributed by atoms with Crippen LogP contribution in [-0.4, -0.2) is 12.3 Å². The Kier molecular flexibility index (Phi) is 4.37. The molecule has 0 N–H and O–H groups in total. The molecule has 1 aliphatic carbocycles. The van der Waals surface area contributed by atoms with E-state index >= 15 is 0 Å². The summed E-state index contributed by atoms with van der Waals surface area (Å²) in [6.45, 7) is 8.78. The van der Waals surface area contributed by atoms with Crippen LogP contribution in [0.25, 0.3) is 0 Å². The second kappa shape index (κ2) is 5.33. The summed E-state index contributed by atoms with van der Waals surface area (Å²) in [5, 5.41) is 0. The second-order valence-corrected chi connectivity index (χ2v) is 4.62. The van der Waals surface area contributed by atoms with Gasteiger partial charge in [-0.1, -0.05) is 18.9 Å². The van der Waals surface area contributed by atoms with Crippen LogP contribution in [-0.2, 0) is 0 Å². The summed E-state index contributed by atoms with van der Waals surface area (Å²) in [5.74, 6) is 0.813. The monoisotopic (exact) mass is 193 g/mol. The van der Waals surface area contributed by atoms with Gasteiger partial charge in [-0.25, -0.2) is 0 Å². The highest BCUT2D eigenvalue weighted by Gasteiger charge is 2.21. The van der Waals surface area contributed by atoms with Gasteiger partial charge >= 0.3 is 0 Å². The molecule has 0 radical (unpaired) electrons.